The molecule has 2 unspecified atom stereocenters. The molecule has 0 radical (unpaired) electrons. The Kier molecular flexibility index (Phi) is 6.14. The highest BCUT2D eigenvalue weighted by Crippen LogP contribution is 2.24. The van der Waals surface area contributed by atoms with Gasteiger partial charge in [-0.2, -0.15) is 0 Å². The number of sulfonamides is 1. The van der Waals surface area contributed by atoms with Gasteiger partial charge in [0, 0.05) is 17.7 Å². The fourth-order valence-corrected chi connectivity index (χ4v) is 4.63. The third-order valence-electron chi connectivity index (χ3n) is 3.80. The molecule has 0 spiro atoms. The van der Waals surface area contributed by atoms with Crippen molar-refractivity contribution in [3.63, 3.8) is 0 Å². The zero-order chi connectivity index (χ0) is 18.8. The molecule has 2 atom stereocenters. The number of amides is 1. The van der Waals surface area contributed by atoms with Crippen LogP contribution in [0.3, 0.4) is 0 Å². The second-order valence-electron chi connectivity index (χ2n) is 7.31. The maximum absolute atomic E-state index is 12.5. The maximum atomic E-state index is 12.5. The summed E-state index contributed by atoms with van der Waals surface area (Å²) in [5.74, 6) is -0.355. The topological polar surface area (TPSA) is 84.5 Å². The average Bonchev–Trinajstić information content (AvgIpc) is 2.99. The summed E-state index contributed by atoms with van der Waals surface area (Å²) in [5.41, 5.74) is -0.419. The molecule has 1 aliphatic rings. The Morgan fingerprint density at radius 2 is 2.04 bits per heavy atom. The van der Waals surface area contributed by atoms with Crippen molar-refractivity contribution in [1.82, 2.24) is 10.0 Å². The van der Waals surface area contributed by atoms with Gasteiger partial charge in [0.25, 0.3) is 5.91 Å². The number of benzene rings is 1. The van der Waals surface area contributed by atoms with Crippen LogP contribution in [-0.4, -0.2) is 38.6 Å². The van der Waals surface area contributed by atoms with Crippen molar-refractivity contribution in [2.75, 3.05) is 6.61 Å². The van der Waals surface area contributed by atoms with E-state index in [1.54, 1.807) is 20.8 Å². The number of hydrogen-bond acceptors (Lipinski definition) is 4. The monoisotopic (exact) mass is 388 g/mol. The predicted molar refractivity (Wildman–Crippen MR) is 97.4 cm³/mol. The lowest BCUT2D eigenvalue weighted by molar-refractivity contribution is 0.0712. The van der Waals surface area contributed by atoms with E-state index in [0.29, 0.717) is 6.61 Å². The molecular formula is C17H25ClN2O4S. The normalized spacial score (nSPS) is 19.6. The van der Waals surface area contributed by atoms with Crippen LogP contribution >= 0.6 is 11.6 Å². The van der Waals surface area contributed by atoms with Gasteiger partial charge < -0.3 is 10.1 Å². The summed E-state index contributed by atoms with van der Waals surface area (Å²) < 4.78 is 33.2. The van der Waals surface area contributed by atoms with E-state index in [1.165, 1.54) is 18.2 Å². The zero-order valence-corrected chi connectivity index (χ0v) is 16.5. The SMILES string of the molecule is CC(NC(=O)c1ccc(Cl)c(S(=O)(=O)NC(C)(C)C)c1)C1CCCO1. The van der Waals surface area contributed by atoms with E-state index in [2.05, 4.69) is 10.0 Å². The van der Waals surface area contributed by atoms with Crippen LogP contribution in [0, 0.1) is 0 Å². The highest BCUT2D eigenvalue weighted by atomic mass is 35.5. The summed E-state index contributed by atoms with van der Waals surface area (Å²) in [7, 11) is -3.84. The molecule has 0 aliphatic carbocycles. The summed E-state index contributed by atoms with van der Waals surface area (Å²) >= 11 is 6.05. The van der Waals surface area contributed by atoms with Crippen LogP contribution in [0.4, 0.5) is 0 Å². The fourth-order valence-electron chi connectivity index (χ4n) is 2.69. The molecule has 2 N–H and O–H groups in total. The first-order valence-corrected chi connectivity index (χ1v) is 10.1. The fraction of sp³-hybridized carbons (Fsp3) is 0.588. The summed E-state index contributed by atoms with van der Waals surface area (Å²) in [6.07, 6.45) is 1.87. The van der Waals surface area contributed by atoms with E-state index in [9.17, 15) is 13.2 Å². The standard InChI is InChI=1S/C17H25ClN2O4S/c1-11(14-6-5-9-24-14)19-16(21)12-7-8-13(18)15(10-12)25(22,23)20-17(2,3)4/h7-8,10-11,14,20H,5-6,9H2,1-4H3,(H,19,21). The first kappa shape index (κ1) is 20.2. The summed E-state index contributed by atoms with van der Waals surface area (Å²) in [5, 5.41) is 2.93. The Morgan fingerprint density at radius 3 is 2.60 bits per heavy atom. The van der Waals surface area contributed by atoms with Crippen molar-refractivity contribution in [2.45, 2.75) is 63.1 Å². The van der Waals surface area contributed by atoms with Crippen molar-refractivity contribution in [3.05, 3.63) is 28.8 Å². The average molecular weight is 389 g/mol. The maximum Gasteiger partial charge on any atom is 0.251 e. The third-order valence-corrected chi connectivity index (χ3v) is 6.04. The highest BCUT2D eigenvalue weighted by Gasteiger charge is 2.27. The Hall–Kier alpha value is -1.15. The lowest BCUT2D eigenvalue weighted by Crippen LogP contribution is -2.41. The van der Waals surface area contributed by atoms with E-state index in [-0.39, 0.29) is 33.5 Å². The Bertz CT molecular complexity index is 738. The smallest absolute Gasteiger partial charge is 0.251 e. The van der Waals surface area contributed by atoms with Crippen molar-refractivity contribution in [1.29, 1.82) is 0 Å². The molecule has 140 valence electrons. The molecule has 1 saturated heterocycles. The lowest BCUT2D eigenvalue weighted by atomic mass is 10.1. The third kappa shape index (κ3) is 5.41. The molecule has 1 aliphatic heterocycles. The minimum absolute atomic E-state index is 0.0120. The molecule has 1 amide bonds. The minimum Gasteiger partial charge on any atom is -0.376 e. The van der Waals surface area contributed by atoms with Crippen molar-refractivity contribution in [2.24, 2.45) is 0 Å². The van der Waals surface area contributed by atoms with Crippen molar-refractivity contribution < 1.29 is 17.9 Å². The van der Waals surface area contributed by atoms with Crippen molar-refractivity contribution in [3.8, 4) is 0 Å². The van der Waals surface area contributed by atoms with Gasteiger partial charge in [-0.3, -0.25) is 4.79 Å². The second kappa shape index (κ2) is 7.61. The Morgan fingerprint density at radius 1 is 1.36 bits per heavy atom. The van der Waals surface area contributed by atoms with E-state index in [1.807, 2.05) is 6.92 Å². The highest BCUT2D eigenvalue weighted by molar-refractivity contribution is 7.89. The van der Waals surface area contributed by atoms with Gasteiger partial charge in [0.15, 0.2) is 0 Å². The van der Waals surface area contributed by atoms with Crippen LogP contribution in [-0.2, 0) is 14.8 Å². The molecule has 1 aromatic carbocycles. The first-order valence-electron chi connectivity index (χ1n) is 8.25. The van der Waals surface area contributed by atoms with Crippen LogP contribution in [0.2, 0.25) is 5.02 Å². The number of carbonyl (C=O) groups excluding carboxylic acids is 1. The van der Waals surface area contributed by atoms with Gasteiger partial charge in [-0.1, -0.05) is 11.6 Å². The lowest BCUT2D eigenvalue weighted by Gasteiger charge is -2.22. The summed E-state index contributed by atoms with van der Waals surface area (Å²) in [6, 6.07) is 4.08. The van der Waals surface area contributed by atoms with Crippen LogP contribution < -0.4 is 10.0 Å². The number of nitrogens with one attached hydrogen (secondary N) is 2. The van der Waals surface area contributed by atoms with Gasteiger partial charge in [-0.15, -0.1) is 0 Å². The van der Waals surface area contributed by atoms with E-state index in [4.69, 9.17) is 16.3 Å². The Balaban J connectivity index is 2.21. The van der Waals surface area contributed by atoms with Crippen LogP contribution in [0.1, 0.15) is 50.9 Å². The molecule has 8 heteroatoms. The van der Waals surface area contributed by atoms with Gasteiger partial charge in [-0.25, -0.2) is 13.1 Å². The van der Waals surface area contributed by atoms with Gasteiger partial charge >= 0.3 is 0 Å². The molecule has 0 aromatic heterocycles. The molecule has 6 nitrogen and oxygen atoms in total. The largest absolute Gasteiger partial charge is 0.376 e. The molecular weight excluding hydrogens is 364 g/mol. The molecule has 2 rings (SSSR count). The minimum atomic E-state index is -3.84. The number of rotatable bonds is 5. The zero-order valence-electron chi connectivity index (χ0n) is 14.9. The van der Waals surface area contributed by atoms with Gasteiger partial charge in [0.1, 0.15) is 4.90 Å². The molecule has 1 aromatic rings. The number of carbonyl (C=O) groups is 1. The van der Waals surface area contributed by atoms with Gasteiger partial charge in [0.2, 0.25) is 10.0 Å². The second-order valence-corrected chi connectivity index (χ2v) is 9.37. The van der Waals surface area contributed by atoms with E-state index < -0.39 is 15.6 Å². The van der Waals surface area contributed by atoms with Crippen LogP contribution in [0.5, 0.6) is 0 Å². The summed E-state index contributed by atoms with van der Waals surface area (Å²) in [6.45, 7) is 7.78. The molecule has 0 saturated carbocycles. The number of halogens is 1. The Labute approximate surface area is 154 Å². The summed E-state index contributed by atoms with van der Waals surface area (Å²) in [4.78, 5) is 12.4. The quantitative estimate of drug-likeness (QED) is 0.812. The van der Waals surface area contributed by atoms with Crippen LogP contribution in [0.15, 0.2) is 23.1 Å². The number of hydrogen-bond donors (Lipinski definition) is 2. The molecule has 1 heterocycles. The predicted octanol–water partition coefficient (Wildman–Crippen LogP) is 2.71. The molecule has 0 bridgehead atoms. The first-order chi connectivity index (χ1) is 11.5. The van der Waals surface area contributed by atoms with Crippen molar-refractivity contribution >= 4 is 27.5 Å². The number of ether oxygens (including phenoxy) is 1. The molecule has 1 fully saturated rings. The molecule has 25 heavy (non-hydrogen) atoms. The van der Waals surface area contributed by atoms with E-state index >= 15 is 0 Å². The van der Waals surface area contributed by atoms with Gasteiger partial charge in [-0.05, 0) is 58.7 Å². The van der Waals surface area contributed by atoms with Crippen LogP contribution in [0.25, 0.3) is 0 Å². The van der Waals surface area contributed by atoms with E-state index in [0.717, 1.165) is 12.8 Å². The van der Waals surface area contributed by atoms with Gasteiger partial charge in [0.05, 0.1) is 17.2 Å².